The number of aryl methyl sites for hydroxylation is 1. The number of hydrogen-bond acceptors (Lipinski definition) is 2. The lowest BCUT2D eigenvalue weighted by Gasteiger charge is -2.06. The summed E-state index contributed by atoms with van der Waals surface area (Å²) in [7, 11) is 1.40. The maximum Gasteiger partial charge on any atom is 0.165 e. The maximum absolute atomic E-state index is 13.0. The molecule has 1 N–H and O–H groups in total. The summed E-state index contributed by atoms with van der Waals surface area (Å²) in [4.78, 5) is 0. The minimum Gasteiger partial charge on any atom is -0.494 e. The van der Waals surface area contributed by atoms with E-state index in [0.717, 1.165) is 5.56 Å². The number of benzene rings is 1. The Labute approximate surface area is 70.6 Å². The Hall–Kier alpha value is -1.09. The number of rotatable bonds is 2. The second-order valence-corrected chi connectivity index (χ2v) is 2.57. The largest absolute Gasteiger partial charge is 0.494 e. The Morgan fingerprint density at radius 2 is 2.17 bits per heavy atom. The Bertz CT molecular complexity index is 259. The van der Waals surface area contributed by atoms with Crippen molar-refractivity contribution in [2.75, 3.05) is 7.11 Å². The lowest BCUT2D eigenvalue weighted by molar-refractivity contribution is 0.279. The lowest BCUT2D eigenvalue weighted by Crippen LogP contribution is -1.94. The van der Waals surface area contributed by atoms with Crippen LogP contribution in [0.5, 0.6) is 5.75 Å². The Morgan fingerprint density at radius 1 is 1.50 bits per heavy atom. The summed E-state index contributed by atoms with van der Waals surface area (Å²) in [6.45, 7) is 1.65. The first kappa shape index (κ1) is 9.00. The van der Waals surface area contributed by atoms with Gasteiger partial charge >= 0.3 is 0 Å². The summed E-state index contributed by atoms with van der Waals surface area (Å²) >= 11 is 0. The highest BCUT2D eigenvalue weighted by Gasteiger charge is 2.05. The zero-order valence-electron chi connectivity index (χ0n) is 7.10. The van der Waals surface area contributed by atoms with E-state index < -0.39 is 5.82 Å². The van der Waals surface area contributed by atoms with Crippen molar-refractivity contribution in [3.8, 4) is 5.75 Å². The third kappa shape index (κ3) is 1.56. The van der Waals surface area contributed by atoms with Crippen molar-refractivity contribution in [3.05, 3.63) is 29.1 Å². The van der Waals surface area contributed by atoms with Gasteiger partial charge in [-0.15, -0.1) is 0 Å². The fourth-order valence-corrected chi connectivity index (χ4v) is 1.02. The van der Waals surface area contributed by atoms with Crippen molar-refractivity contribution < 1.29 is 14.2 Å². The van der Waals surface area contributed by atoms with Gasteiger partial charge in [-0.2, -0.15) is 0 Å². The van der Waals surface area contributed by atoms with Gasteiger partial charge in [-0.1, -0.05) is 0 Å². The van der Waals surface area contributed by atoms with Crippen molar-refractivity contribution in [2.45, 2.75) is 13.5 Å². The molecule has 0 aromatic heterocycles. The van der Waals surface area contributed by atoms with E-state index in [9.17, 15) is 4.39 Å². The maximum atomic E-state index is 13.0. The summed E-state index contributed by atoms with van der Waals surface area (Å²) in [5.74, 6) is -0.225. The molecule has 0 saturated carbocycles. The van der Waals surface area contributed by atoms with Crippen LogP contribution < -0.4 is 4.74 Å². The summed E-state index contributed by atoms with van der Waals surface area (Å²) in [6.07, 6.45) is 0. The van der Waals surface area contributed by atoms with Gasteiger partial charge in [0.25, 0.3) is 0 Å². The normalized spacial score (nSPS) is 10.0. The Balaban J connectivity index is 3.18. The molecule has 66 valence electrons. The van der Waals surface area contributed by atoms with E-state index in [4.69, 9.17) is 9.84 Å². The minimum absolute atomic E-state index is 0.0948. The van der Waals surface area contributed by atoms with Gasteiger partial charge in [-0.25, -0.2) is 4.39 Å². The van der Waals surface area contributed by atoms with Crippen molar-refractivity contribution in [1.29, 1.82) is 0 Å². The molecule has 0 unspecified atom stereocenters. The highest BCUT2D eigenvalue weighted by molar-refractivity contribution is 5.35. The molecular formula is C9H11FO2. The molecule has 0 heterocycles. The van der Waals surface area contributed by atoms with E-state index in [1.54, 1.807) is 6.92 Å². The summed E-state index contributed by atoms with van der Waals surface area (Å²) in [6, 6.07) is 2.86. The van der Waals surface area contributed by atoms with Crippen LogP contribution in [0.2, 0.25) is 0 Å². The molecular weight excluding hydrogens is 159 g/mol. The van der Waals surface area contributed by atoms with Gasteiger partial charge in [-0.05, 0) is 30.2 Å². The Kier molecular flexibility index (Phi) is 2.65. The van der Waals surface area contributed by atoms with Gasteiger partial charge in [0.05, 0.1) is 13.7 Å². The number of hydrogen-bond donors (Lipinski definition) is 1. The fourth-order valence-electron chi connectivity index (χ4n) is 1.02. The number of aliphatic hydroxyl groups is 1. The highest BCUT2D eigenvalue weighted by Crippen LogP contribution is 2.21. The molecule has 0 aliphatic carbocycles. The molecule has 0 spiro atoms. The van der Waals surface area contributed by atoms with Gasteiger partial charge in [0.2, 0.25) is 0 Å². The lowest BCUT2D eigenvalue weighted by atomic mass is 10.1. The van der Waals surface area contributed by atoms with Crippen LogP contribution in [0.15, 0.2) is 12.1 Å². The van der Waals surface area contributed by atoms with E-state index in [2.05, 4.69) is 0 Å². The van der Waals surface area contributed by atoms with Crippen LogP contribution in [0, 0.1) is 12.7 Å². The van der Waals surface area contributed by atoms with Crippen molar-refractivity contribution >= 4 is 0 Å². The monoisotopic (exact) mass is 170 g/mol. The average molecular weight is 170 g/mol. The molecule has 1 aromatic rings. The number of methoxy groups -OCH3 is 1. The molecule has 0 radical (unpaired) electrons. The highest BCUT2D eigenvalue weighted by atomic mass is 19.1. The van der Waals surface area contributed by atoms with Crippen molar-refractivity contribution in [1.82, 2.24) is 0 Å². The first-order valence-electron chi connectivity index (χ1n) is 3.63. The zero-order valence-corrected chi connectivity index (χ0v) is 7.10. The first-order valence-corrected chi connectivity index (χ1v) is 3.63. The Morgan fingerprint density at radius 3 is 2.67 bits per heavy atom. The van der Waals surface area contributed by atoms with Crippen LogP contribution in [0.3, 0.4) is 0 Å². The summed E-state index contributed by atoms with van der Waals surface area (Å²) in [5, 5.41) is 8.85. The molecule has 2 nitrogen and oxygen atoms in total. The smallest absolute Gasteiger partial charge is 0.165 e. The molecule has 0 atom stereocenters. The van der Waals surface area contributed by atoms with Gasteiger partial charge in [-0.3, -0.25) is 0 Å². The number of aliphatic hydroxyl groups excluding tert-OH is 1. The van der Waals surface area contributed by atoms with Crippen LogP contribution >= 0.6 is 0 Å². The molecule has 12 heavy (non-hydrogen) atoms. The first-order chi connectivity index (χ1) is 5.69. The molecule has 0 bridgehead atoms. The van der Waals surface area contributed by atoms with Crippen LogP contribution in [0.1, 0.15) is 11.1 Å². The molecule has 0 amide bonds. The minimum atomic E-state index is -0.396. The molecule has 0 saturated heterocycles. The van der Waals surface area contributed by atoms with Crippen LogP contribution in [0.25, 0.3) is 0 Å². The fraction of sp³-hybridized carbons (Fsp3) is 0.333. The molecule has 0 aliphatic heterocycles. The van der Waals surface area contributed by atoms with Crippen LogP contribution in [-0.2, 0) is 6.61 Å². The summed E-state index contributed by atoms with van der Waals surface area (Å²) in [5.41, 5.74) is 1.42. The average Bonchev–Trinajstić information content (AvgIpc) is 2.05. The van der Waals surface area contributed by atoms with E-state index >= 15 is 0 Å². The second kappa shape index (κ2) is 3.54. The third-order valence-corrected chi connectivity index (χ3v) is 1.78. The van der Waals surface area contributed by atoms with Gasteiger partial charge in [0.15, 0.2) is 11.6 Å². The number of ether oxygens (including phenoxy) is 1. The quantitative estimate of drug-likeness (QED) is 0.731. The predicted octanol–water partition coefficient (Wildman–Crippen LogP) is 1.64. The standard InChI is InChI=1S/C9H11FO2/c1-6-3-8(10)9(12-2)4-7(6)5-11/h3-4,11H,5H2,1-2H3. The third-order valence-electron chi connectivity index (χ3n) is 1.78. The zero-order chi connectivity index (χ0) is 9.14. The van der Waals surface area contributed by atoms with Gasteiger partial charge in [0, 0.05) is 0 Å². The van der Waals surface area contributed by atoms with Gasteiger partial charge < -0.3 is 9.84 Å². The topological polar surface area (TPSA) is 29.5 Å². The van der Waals surface area contributed by atoms with E-state index in [-0.39, 0.29) is 12.4 Å². The molecule has 3 heteroatoms. The van der Waals surface area contributed by atoms with Crippen LogP contribution in [0.4, 0.5) is 4.39 Å². The van der Waals surface area contributed by atoms with Crippen molar-refractivity contribution in [2.24, 2.45) is 0 Å². The number of halogens is 1. The predicted molar refractivity (Wildman–Crippen MR) is 43.6 cm³/mol. The summed E-state index contributed by atoms with van der Waals surface area (Å²) < 4.78 is 17.7. The van der Waals surface area contributed by atoms with E-state index in [1.165, 1.54) is 19.2 Å². The van der Waals surface area contributed by atoms with Gasteiger partial charge in [0.1, 0.15) is 0 Å². The molecule has 0 aliphatic rings. The molecule has 0 fully saturated rings. The second-order valence-electron chi connectivity index (χ2n) is 2.57. The molecule has 1 aromatic carbocycles. The van der Waals surface area contributed by atoms with Crippen LogP contribution in [-0.4, -0.2) is 12.2 Å². The van der Waals surface area contributed by atoms with E-state index in [1.807, 2.05) is 0 Å². The van der Waals surface area contributed by atoms with E-state index in [0.29, 0.717) is 5.56 Å². The SMILES string of the molecule is COc1cc(CO)c(C)cc1F. The molecule has 1 rings (SSSR count). The van der Waals surface area contributed by atoms with Crippen molar-refractivity contribution in [3.63, 3.8) is 0 Å².